The molecule has 12 heavy (non-hydrogen) atoms. The van der Waals surface area contributed by atoms with E-state index in [1.807, 2.05) is 38.1 Å². The predicted octanol–water partition coefficient (Wildman–Crippen LogP) is 0.750. The van der Waals surface area contributed by atoms with Crippen molar-refractivity contribution in [2.75, 3.05) is 6.61 Å². The topological polar surface area (TPSA) is 20.2 Å². The summed E-state index contributed by atoms with van der Waals surface area (Å²) in [5, 5.41) is 9.09. The molecule has 1 nitrogen and oxygen atoms in total. The summed E-state index contributed by atoms with van der Waals surface area (Å²) in [5.41, 5.74) is 1.69. The predicted molar refractivity (Wildman–Crippen MR) is 51.9 cm³/mol. The molecular weight excluding hydrogens is 147 g/mol. The molecule has 0 spiro atoms. The molecule has 62 valence electrons. The summed E-state index contributed by atoms with van der Waals surface area (Å²) < 4.78 is 0. The monoisotopic (exact) mass is 160 g/mol. The Morgan fingerprint density at radius 2 is 1.75 bits per heavy atom. The molecule has 1 aromatic carbocycles. The zero-order valence-electron chi connectivity index (χ0n) is 7.54. The summed E-state index contributed by atoms with van der Waals surface area (Å²) in [6, 6.07) is 7.61. The van der Waals surface area contributed by atoms with Gasteiger partial charge in [0.05, 0.1) is 6.61 Å². The maximum absolute atomic E-state index is 9.09. The molecule has 2 radical (unpaired) electrons. The Hall–Kier alpha value is -0.755. The van der Waals surface area contributed by atoms with Crippen LogP contribution in [0.15, 0.2) is 24.3 Å². The molecule has 0 unspecified atom stereocenters. The Morgan fingerprint density at radius 1 is 1.25 bits per heavy atom. The van der Waals surface area contributed by atoms with Gasteiger partial charge >= 0.3 is 0 Å². The quantitative estimate of drug-likeness (QED) is 0.633. The Labute approximate surface area is 74.8 Å². The van der Waals surface area contributed by atoms with Gasteiger partial charge in [-0.2, -0.15) is 0 Å². The van der Waals surface area contributed by atoms with Gasteiger partial charge in [0, 0.05) is 5.41 Å². The van der Waals surface area contributed by atoms with Gasteiger partial charge in [0.1, 0.15) is 7.85 Å². The fourth-order valence-electron chi connectivity index (χ4n) is 1.03. The van der Waals surface area contributed by atoms with Gasteiger partial charge in [0.25, 0.3) is 0 Å². The molecule has 1 aromatic rings. The Morgan fingerprint density at radius 3 is 2.17 bits per heavy atom. The Kier molecular flexibility index (Phi) is 2.58. The molecule has 0 saturated carbocycles. The first-order chi connectivity index (χ1) is 5.56. The Bertz CT molecular complexity index is 251. The fourth-order valence-corrected chi connectivity index (χ4v) is 1.03. The lowest BCUT2D eigenvalue weighted by Gasteiger charge is -2.22. The second-order valence-corrected chi connectivity index (χ2v) is 3.66. The van der Waals surface area contributed by atoms with Gasteiger partial charge in [-0.3, -0.25) is 0 Å². The van der Waals surface area contributed by atoms with E-state index in [4.69, 9.17) is 13.0 Å². The minimum absolute atomic E-state index is 0.150. The summed E-state index contributed by atoms with van der Waals surface area (Å²) in [6.45, 7) is 4.15. The lowest BCUT2D eigenvalue weighted by atomic mass is 9.83. The zero-order valence-corrected chi connectivity index (χ0v) is 7.54. The van der Waals surface area contributed by atoms with Gasteiger partial charge in [-0.1, -0.05) is 43.6 Å². The summed E-state index contributed by atoms with van der Waals surface area (Å²) in [5.74, 6) is 0. The van der Waals surface area contributed by atoms with Crippen molar-refractivity contribution in [3.8, 4) is 0 Å². The van der Waals surface area contributed by atoms with Crippen LogP contribution >= 0.6 is 0 Å². The van der Waals surface area contributed by atoms with Crippen molar-refractivity contribution in [2.24, 2.45) is 0 Å². The lowest BCUT2D eigenvalue weighted by Crippen LogP contribution is -2.22. The number of benzene rings is 1. The summed E-state index contributed by atoms with van der Waals surface area (Å²) in [7, 11) is 5.55. The highest BCUT2D eigenvalue weighted by Gasteiger charge is 2.18. The van der Waals surface area contributed by atoms with Crippen LogP contribution in [0.2, 0.25) is 0 Å². The van der Waals surface area contributed by atoms with Gasteiger partial charge in [-0.05, 0) is 5.56 Å². The fraction of sp³-hybridized carbons (Fsp3) is 0.400. The molecule has 1 rings (SSSR count). The van der Waals surface area contributed by atoms with Crippen molar-refractivity contribution in [3.63, 3.8) is 0 Å². The van der Waals surface area contributed by atoms with Crippen molar-refractivity contribution in [1.82, 2.24) is 0 Å². The Balaban J connectivity index is 2.96. The van der Waals surface area contributed by atoms with Crippen molar-refractivity contribution in [3.05, 3.63) is 29.8 Å². The highest BCUT2D eigenvalue weighted by Crippen LogP contribution is 2.20. The highest BCUT2D eigenvalue weighted by atomic mass is 16.3. The van der Waals surface area contributed by atoms with Crippen LogP contribution in [0.3, 0.4) is 0 Å². The molecule has 1 N–H and O–H groups in total. The smallest absolute Gasteiger partial charge is 0.113 e. The van der Waals surface area contributed by atoms with Crippen LogP contribution in [-0.4, -0.2) is 19.6 Å². The van der Waals surface area contributed by atoms with E-state index >= 15 is 0 Å². The third kappa shape index (κ3) is 1.89. The second kappa shape index (κ2) is 3.32. The maximum Gasteiger partial charge on any atom is 0.113 e. The third-order valence-electron chi connectivity index (χ3n) is 2.09. The van der Waals surface area contributed by atoms with Gasteiger partial charge in [0.15, 0.2) is 0 Å². The molecule has 0 aliphatic heterocycles. The molecule has 0 aliphatic carbocycles. The first-order valence-electron chi connectivity index (χ1n) is 4.03. The van der Waals surface area contributed by atoms with Gasteiger partial charge < -0.3 is 5.11 Å². The molecule has 0 bridgehead atoms. The number of hydrogen-bond acceptors (Lipinski definition) is 1. The minimum atomic E-state index is -0.173. The van der Waals surface area contributed by atoms with E-state index in [2.05, 4.69) is 0 Å². The SMILES string of the molecule is [B]c1ccc(C(C)(C)CO)cc1. The summed E-state index contributed by atoms with van der Waals surface area (Å²) in [4.78, 5) is 0. The van der Waals surface area contributed by atoms with Gasteiger partial charge in [-0.15, -0.1) is 0 Å². The molecule has 0 fully saturated rings. The normalized spacial score (nSPS) is 11.6. The number of aliphatic hydroxyl groups is 1. The minimum Gasteiger partial charge on any atom is -0.395 e. The van der Waals surface area contributed by atoms with E-state index in [9.17, 15) is 0 Å². The number of aliphatic hydroxyl groups excluding tert-OH is 1. The van der Waals surface area contributed by atoms with Crippen LogP contribution in [0.1, 0.15) is 19.4 Å². The van der Waals surface area contributed by atoms with Crippen LogP contribution < -0.4 is 5.46 Å². The zero-order chi connectivity index (χ0) is 9.19. The van der Waals surface area contributed by atoms with Crippen molar-refractivity contribution in [1.29, 1.82) is 0 Å². The first-order valence-corrected chi connectivity index (χ1v) is 4.03. The van der Waals surface area contributed by atoms with Crippen LogP contribution in [0.25, 0.3) is 0 Å². The van der Waals surface area contributed by atoms with E-state index in [0.29, 0.717) is 0 Å². The van der Waals surface area contributed by atoms with Crippen molar-refractivity contribution >= 4 is 13.3 Å². The average Bonchev–Trinajstić information content (AvgIpc) is 2.05. The van der Waals surface area contributed by atoms with Crippen LogP contribution in [0, 0.1) is 0 Å². The third-order valence-corrected chi connectivity index (χ3v) is 2.09. The number of hydrogen-bond donors (Lipinski definition) is 1. The lowest BCUT2D eigenvalue weighted by molar-refractivity contribution is 0.218. The molecule has 2 heteroatoms. The largest absolute Gasteiger partial charge is 0.395 e. The van der Waals surface area contributed by atoms with Gasteiger partial charge in [0.2, 0.25) is 0 Å². The molecule has 0 heterocycles. The maximum atomic E-state index is 9.09. The molecule has 0 amide bonds. The second-order valence-electron chi connectivity index (χ2n) is 3.66. The highest BCUT2D eigenvalue weighted by molar-refractivity contribution is 6.32. The molecule has 0 saturated heterocycles. The average molecular weight is 160 g/mol. The van der Waals surface area contributed by atoms with E-state index in [1.54, 1.807) is 0 Å². The molecule has 0 atom stereocenters. The van der Waals surface area contributed by atoms with Gasteiger partial charge in [-0.25, -0.2) is 0 Å². The molecule has 0 aliphatic rings. The molecular formula is C10H13BO. The summed E-state index contributed by atoms with van der Waals surface area (Å²) in [6.07, 6.45) is 0. The van der Waals surface area contributed by atoms with E-state index in [1.165, 1.54) is 0 Å². The molecule has 0 aromatic heterocycles. The van der Waals surface area contributed by atoms with Crippen LogP contribution in [-0.2, 0) is 5.41 Å². The van der Waals surface area contributed by atoms with E-state index < -0.39 is 0 Å². The van der Waals surface area contributed by atoms with Crippen molar-refractivity contribution in [2.45, 2.75) is 19.3 Å². The van der Waals surface area contributed by atoms with E-state index in [-0.39, 0.29) is 12.0 Å². The first kappa shape index (κ1) is 9.33. The van der Waals surface area contributed by atoms with Crippen LogP contribution in [0.4, 0.5) is 0 Å². The van der Waals surface area contributed by atoms with Crippen LogP contribution in [0.5, 0.6) is 0 Å². The van der Waals surface area contributed by atoms with Crippen molar-refractivity contribution < 1.29 is 5.11 Å². The summed E-state index contributed by atoms with van der Waals surface area (Å²) >= 11 is 0. The van der Waals surface area contributed by atoms with E-state index in [0.717, 1.165) is 11.0 Å². The number of rotatable bonds is 2. The standard InChI is InChI=1S/C10H13BO/c1-10(2,7-12)8-3-5-9(11)6-4-8/h3-6,12H,7H2,1-2H3.